The van der Waals surface area contributed by atoms with E-state index in [9.17, 15) is 9.59 Å². The zero-order chi connectivity index (χ0) is 14.6. The molecule has 0 bridgehead atoms. The van der Waals surface area contributed by atoms with Gasteiger partial charge in [0.1, 0.15) is 0 Å². The summed E-state index contributed by atoms with van der Waals surface area (Å²) in [4.78, 5) is 24.8. The van der Waals surface area contributed by atoms with Crippen molar-refractivity contribution in [2.75, 3.05) is 13.1 Å². The summed E-state index contributed by atoms with van der Waals surface area (Å²) in [5.74, 6) is -0.816. The van der Waals surface area contributed by atoms with E-state index in [2.05, 4.69) is 5.32 Å². The molecule has 0 radical (unpaired) electrons. The van der Waals surface area contributed by atoms with Crippen LogP contribution in [0.1, 0.15) is 25.3 Å². The Hall–Kier alpha value is -2.04. The third-order valence-electron chi connectivity index (χ3n) is 3.77. The van der Waals surface area contributed by atoms with Gasteiger partial charge < -0.3 is 15.3 Å². The third kappa shape index (κ3) is 3.29. The van der Waals surface area contributed by atoms with Crippen LogP contribution < -0.4 is 5.32 Å². The molecule has 1 saturated carbocycles. The highest BCUT2D eigenvalue weighted by molar-refractivity contribution is 5.80. The summed E-state index contributed by atoms with van der Waals surface area (Å²) in [6.07, 6.45) is 1.29. The molecule has 5 heteroatoms. The van der Waals surface area contributed by atoms with Crippen LogP contribution in [0.5, 0.6) is 0 Å². The van der Waals surface area contributed by atoms with E-state index in [-0.39, 0.29) is 12.6 Å². The van der Waals surface area contributed by atoms with Crippen LogP contribution in [-0.4, -0.2) is 35.1 Å². The number of nitrogens with zero attached hydrogens (tertiary/aromatic N) is 1. The molecule has 1 aromatic rings. The van der Waals surface area contributed by atoms with Crippen molar-refractivity contribution in [2.45, 2.75) is 26.3 Å². The Kier molecular flexibility index (Phi) is 4.27. The molecule has 0 unspecified atom stereocenters. The molecule has 1 aliphatic rings. The summed E-state index contributed by atoms with van der Waals surface area (Å²) in [5, 5.41) is 11.8. The van der Waals surface area contributed by atoms with Crippen molar-refractivity contribution in [3.8, 4) is 0 Å². The molecule has 2 amide bonds. The fraction of sp³-hybridized carbons (Fsp3) is 0.467. The molecule has 0 aromatic heterocycles. The topological polar surface area (TPSA) is 69.6 Å². The lowest BCUT2D eigenvalue weighted by Crippen LogP contribution is -2.43. The maximum absolute atomic E-state index is 12.1. The fourth-order valence-corrected chi connectivity index (χ4v) is 2.10. The molecular weight excluding hydrogens is 256 g/mol. The van der Waals surface area contributed by atoms with Gasteiger partial charge in [-0.2, -0.15) is 0 Å². The number of benzene rings is 1. The first kappa shape index (κ1) is 14.4. The van der Waals surface area contributed by atoms with Gasteiger partial charge in [-0.25, -0.2) is 4.79 Å². The number of amides is 2. The monoisotopic (exact) mass is 276 g/mol. The first-order valence-corrected chi connectivity index (χ1v) is 6.87. The van der Waals surface area contributed by atoms with Crippen molar-refractivity contribution in [3.05, 3.63) is 35.9 Å². The number of hydrogen-bond donors (Lipinski definition) is 2. The van der Waals surface area contributed by atoms with Crippen molar-refractivity contribution in [3.63, 3.8) is 0 Å². The minimum atomic E-state index is -0.816. The normalized spacial score (nSPS) is 15.4. The van der Waals surface area contributed by atoms with Crippen molar-refractivity contribution in [1.82, 2.24) is 10.2 Å². The van der Waals surface area contributed by atoms with Crippen LogP contribution >= 0.6 is 0 Å². The van der Waals surface area contributed by atoms with Crippen LogP contribution in [0.4, 0.5) is 4.79 Å². The average molecular weight is 276 g/mol. The second-order valence-electron chi connectivity index (χ2n) is 5.24. The molecule has 108 valence electrons. The number of hydrogen-bond acceptors (Lipinski definition) is 2. The lowest BCUT2D eigenvalue weighted by Gasteiger charge is -2.22. The van der Waals surface area contributed by atoms with Gasteiger partial charge >= 0.3 is 12.0 Å². The summed E-state index contributed by atoms with van der Waals surface area (Å²) in [6.45, 7) is 3.24. The van der Waals surface area contributed by atoms with E-state index < -0.39 is 11.4 Å². The molecule has 0 atom stereocenters. The van der Waals surface area contributed by atoms with Gasteiger partial charge in [0.15, 0.2) is 0 Å². The molecule has 1 fully saturated rings. The largest absolute Gasteiger partial charge is 0.481 e. The Morgan fingerprint density at radius 3 is 2.45 bits per heavy atom. The molecule has 2 rings (SSSR count). The van der Waals surface area contributed by atoms with Crippen LogP contribution in [-0.2, 0) is 11.3 Å². The minimum Gasteiger partial charge on any atom is -0.481 e. The second-order valence-corrected chi connectivity index (χ2v) is 5.24. The number of rotatable bonds is 6. The van der Waals surface area contributed by atoms with Gasteiger partial charge in [0.2, 0.25) is 0 Å². The molecule has 0 spiro atoms. The maximum atomic E-state index is 12.1. The first-order valence-electron chi connectivity index (χ1n) is 6.87. The van der Waals surface area contributed by atoms with Crippen molar-refractivity contribution < 1.29 is 14.7 Å². The number of carboxylic acid groups (broad SMARTS) is 1. The quantitative estimate of drug-likeness (QED) is 0.835. The standard InChI is InChI=1S/C15H20N2O3/c1-2-17(10-12-6-4-3-5-7-12)14(20)16-11-15(8-9-15)13(18)19/h3-7H,2,8-11H2,1H3,(H,16,20)(H,18,19). The summed E-state index contributed by atoms with van der Waals surface area (Å²) < 4.78 is 0. The lowest BCUT2D eigenvalue weighted by molar-refractivity contribution is -0.143. The van der Waals surface area contributed by atoms with E-state index in [0.717, 1.165) is 5.56 Å². The van der Waals surface area contributed by atoms with E-state index >= 15 is 0 Å². The van der Waals surface area contributed by atoms with Gasteiger partial charge in [-0.3, -0.25) is 4.79 Å². The highest BCUT2D eigenvalue weighted by Gasteiger charge is 2.50. The molecule has 0 heterocycles. The average Bonchev–Trinajstić information content (AvgIpc) is 3.24. The van der Waals surface area contributed by atoms with Crippen LogP contribution in [0.25, 0.3) is 0 Å². The van der Waals surface area contributed by atoms with Crippen LogP contribution in [0, 0.1) is 5.41 Å². The minimum absolute atomic E-state index is 0.205. The smallest absolute Gasteiger partial charge is 0.317 e. The number of aliphatic carboxylic acids is 1. The molecule has 1 aliphatic carbocycles. The number of urea groups is 1. The lowest BCUT2D eigenvalue weighted by atomic mass is 10.1. The summed E-state index contributed by atoms with van der Waals surface area (Å²) in [5.41, 5.74) is 0.339. The first-order chi connectivity index (χ1) is 9.57. The summed E-state index contributed by atoms with van der Waals surface area (Å²) in [7, 11) is 0. The highest BCUT2D eigenvalue weighted by Crippen LogP contribution is 2.45. The number of carbonyl (C=O) groups excluding carboxylic acids is 1. The SMILES string of the molecule is CCN(Cc1ccccc1)C(=O)NCC1(C(=O)O)CC1. The Morgan fingerprint density at radius 2 is 1.95 bits per heavy atom. The van der Waals surface area contributed by atoms with Crippen molar-refractivity contribution in [2.24, 2.45) is 5.41 Å². The zero-order valence-corrected chi connectivity index (χ0v) is 11.6. The van der Waals surface area contributed by atoms with Crippen LogP contribution in [0.3, 0.4) is 0 Å². The van der Waals surface area contributed by atoms with Gasteiger partial charge in [0, 0.05) is 19.6 Å². The van der Waals surface area contributed by atoms with Gasteiger partial charge in [0.05, 0.1) is 5.41 Å². The second kappa shape index (κ2) is 5.94. The molecular formula is C15H20N2O3. The summed E-state index contributed by atoms with van der Waals surface area (Å²) >= 11 is 0. The number of nitrogens with one attached hydrogen (secondary N) is 1. The summed E-state index contributed by atoms with van der Waals surface area (Å²) in [6, 6.07) is 9.54. The van der Waals surface area contributed by atoms with E-state index in [0.29, 0.717) is 25.9 Å². The van der Waals surface area contributed by atoms with E-state index in [4.69, 9.17) is 5.11 Å². The van der Waals surface area contributed by atoms with Gasteiger partial charge in [0.25, 0.3) is 0 Å². The van der Waals surface area contributed by atoms with Gasteiger partial charge in [-0.15, -0.1) is 0 Å². The Labute approximate surface area is 118 Å². The van der Waals surface area contributed by atoms with E-state index in [1.807, 2.05) is 37.3 Å². The fourth-order valence-electron chi connectivity index (χ4n) is 2.10. The Morgan fingerprint density at radius 1 is 1.30 bits per heavy atom. The maximum Gasteiger partial charge on any atom is 0.317 e. The van der Waals surface area contributed by atoms with Gasteiger partial charge in [-0.05, 0) is 25.3 Å². The molecule has 20 heavy (non-hydrogen) atoms. The Bertz CT molecular complexity index is 483. The highest BCUT2D eigenvalue weighted by atomic mass is 16.4. The van der Waals surface area contributed by atoms with Crippen LogP contribution in [0.15, 0.2) is 30.3 Å². The van der Waals surface area contributed by atoms with E-state index in [1.54, 1.807) is 4.90 Å². The van der Waals surface area contributed by atoms with E-state index in [1.165, 1.54) is 0 Å². The number of carboxylic acids is 1. The van der Waals surface area contributed by atoms with Gasteiger partial charge in [-0.1, -0.05) is 30.3 Å². The van der Waals surface area contributed by atoms with Crippen LogP contribution in [0.2, 0.25) is 0 Å². The number of carbonyl (C=O) groups is 2. The molecule has 2 N–H and O–H groups in total. The van der Waals surface area contributed by atoms with Crippen molar-refractivity contribution in [1.29, 1.82) is 0 Å². The third-order valence-corrected chi connectivity index (χ3v) is 3.77. The zero-order valence-electron chi connectivity index (χ0n) is 11.6. The molecule has 0 aliphatic heterocycles. The predicted molar refractivity (Wildman–Crippen MR) is 75.2 cm³/mol. The molecule has 0 saturated heterocycles. The predicted octanol–water partition coefficient (Wildman–Crippen LogP) is 2.08. The molecule has 1 aromatic carbocycles. The van der Waals surface area contributed by atoms with Crippen molar-refractivity contribution >= 4 is 12.0 Å². The molecule has 5 nitrogen and oxygen atoms in total. The Balaban J connectivity index is 1.88.